The zero-order chi connectivity index (χ0) is 18.3. The molecule has 1 aliphatic heterocycles. The maximum Gasteiger partial charge on any atom is 0.272 e. The molecule has 2 aromatic heterocycles. The van der Waals surface area contributed by atoms with Gasteiger partial charge in [0.15, 0.2) is 5.65 Å². The quantitative estimate of drug-likeness (QED) is 0.714. The van der Waals surface area contributed by atoms with Gasteiger partial charge in [0, 0.05) is 43.6 Å². The topological polar surface area (TPSA) is 53.7 Å². The molecule has 0 spiro atoms. The van der Waals surface area contributed by atoms with Crippen LogP contribution in [-0.4, -0.2) is 51.6 Å². The Labute approximate surface area is 153 Å². The molecule has 1 saturated heterocycles. The Bertz CT molecular complexity index is 969. The molecular weight excluding hydrogens is 326 g/mol. The number of hydrogen-bond acceptors (Lipinski definition) is 4. The molecule has 3 aromatic rings. The van der Waals surface area contributed by atoms with Crippen LogP contribution >= 0.6 is 0 Å². The van der Waals surface area contributed by atoms with Gasteiger partial charge in [-0.15, -0.1) is 0 Å². The van der Waals surface area contributed by atoms with Crippen molar-refractivity contribution in [2.45, 2.75) is 20.8 Å². The third kappa shape index (κ3) is 2.92. The molecule has 1 amide bonds. The summed E-state index contributed by atoms with van der Waals surface area (Å²) in [5.41, 5.74) is 5.93. The Kier molecular flexibility index (Phi) is 4.11. The molecule has 0 atom stereocenters. The SMILES string of the molecule is Cc1ccc(C)c(N2CCN(C(=O)c3cc(C)n4nccc4n3)CC2)c1. The summed E-state index contributed by atoms with van der Waals surface area (Å²) in [6.07, 6.45) is 1.70. The molecule has 6 heteroatoms. The number of aromatic nitrogens is 3. The normalized spacial score (nSPS) is 14.9. The van der Waals surface area contributed by atoms with Gasteiger partial charge in [0.25, 0.3) is 5.91 Å². The molecule has 0 N–H and O–H groups in total. The van der Waals surface area contributed by atoms with Gasteiger partial charge < -0.3 is 9.80 Å². The number of anilines is 1. The van der Waals surface area contributed by atoms with Gasteiger partial charge in [-0.25, -0.2) is 9.50 Å². The van der Waals surface area contributed by atoms with Crippen molar-refractivity contribution in [1.29, 1.82) is 0 Å². The molecule has 134 valence electrons. The summed E-state index contributed by atoms with van der Waals surface area (Å²) in [6.45, 7) is 9.28. The Balaban J connectivity index is 1.50. The average molecular weight is 349 g/mol. The van der Waals surface area contributed by atoms with Crippen LogP contribution in [-0.2, 0) is 0 Å². The highest BCUT2D eigenvalue weighted by Gasteiger charge is 2.24. The average Bonchev–Trinajstić information content (AvgIpc) is 3.12. The monoisotopic (exact) mass is 349 g/mol. The highest BCUT2D eigenvalue weighted by Crippen LogP contribution is 2.23. The van der Waals surface area contributed by atoms with Crippen LogP contribution in [0.15, 0.2) is 36.5 Å². The van der Waals surface area contributed by atoms with E-state index in [0.717, 1.165) is 18.8 Å². The zero-order valence-electron chi connectivity index (χ0n) is 15.4. The second-order valence-electron chi connectivity index (χ2n) is 6.95. The van der Waals surface area contributed by atoms with Crippen LogP contribution in [0.5, 0.6) is 0 Å². The molecule has 0 saturated carbocycles. The van der Waals surface area contributed by atoms with Gasteiger partial charge in [-0.3, -0.25) is 4.79 Å². The molecule has 3 heterocycles. The summed E-state index contributed by atoms with van der Waals surface area (Å²) in [7, 11) is 0. The van der Waals surface area contributed by atoms with Gasteiger partial charge in [-0.1, -0.05) is 12.1 Å². The predicted octanol–water partition coefficient (Wildman–Crippen LogP) is 2.62. The molecule has 1 aliphatic rings. The lowest BCUT2D eigenvalue weighted by molar-refractivity contribution is 0.0741. The standard InChI is InChI=1S/C20H23N5O/c1-14-4-5-15(2)18(12-14)23-8-10-24(11-9-23)20(26)17-13-16(3)25-19(22-17)6-7-21-25/h4-7,12-13H,8-11H2,1-3H3. The van der Waals surface area contributed by atoms with E-state index in [1.807, 2.05) is 24.0 Å². The molecule has 26 heavy (non-hydrogen) atoms. The number of nitrogens with zero attached hydrogens (tertiary/aromatic N) is 5. The van der Waals surface area contributed by atoms with E-state index in [2.05, 4.69) is 47.0 Å². The van der Waals surface area contributed by atoms with Crippen LogP contribution < -0.4 is 4.90 Å². The highest BCUT2D eigenvalue weighted by molar-refractivity contribution is 5.93. The number of carbonyl (C=O) groups is 1. The first-order valence-corrected chi connectivity index (χ1v) is 8.96. The number of aryl methyl sites for hydroxylation is 3. The number of carbonyl (C=O) groups excluding carboxylic acids is 1. The lowest BCUT2D eigenvalue weighted by Gasteiger charge is -2.36. The molecule has 0 radical (unpaired) electrons. The summed E-state index contributed by atoms with van der Waals surface area (Å²) in [5.74, 6) is -0.00239. The van der Waals surface area contributed by atoms with Gasteiger partial charge in [-0.05, 0) is 44.0 Å². The predicted molar refractivity (Wildman–Crippen MR) is 102 cm³/mol. The van der Waals surface area contributed by atoms with Crippen molar-refractivity contribution in [2.24, 2.45) is 0 Å². The highest BCUT2D eigenvalue weighted by atomic mass is 16.2. The second-order valence-corrected chi connectivity index (χ2v) is 6.95. The van der Waals surface area contributed by atoms with E-state index in [1.165, 1.54) is 16.8 Å². The zero-order valence-corrected chi connectivity index (χ0v) is 15.4. The summed E-state index contributed by atoms with van der Waals surface area (Å²) in [6, 6.07) is 10.2. The molecule has 0 unspecified atom stereocenters. The van der Waals surface area contributed by atoms with Gasteiger partial charge in [0.05, 0.1) is 6.20 Å². The third-order valence-corrected chi connectivity index (χ3v) is 5.03. The minimum Gasteiger partial charge on any atom is -0.368 e. The van der Waals surface area contributed by atoms with E-state index >= 15 is 0 Å². The second kappa shape index (κ2) is 6.44. The van der Waals surface area contributed by atoms with Crippen LogP contribution in [0.25, 0.3) is 5.65 Å². The lowest BCUT2D eigenvalue weighted by atomic mass is 10.1. The minimum atomic E-state index is -0.00239. The fourth-order valence-corrected chi connectivity index (χ4v) is 3.55. The van der Waals surface area contributed by atoms with E-state index in [4.69, 9.17) is 0 Å². The van der Waals surface area contributed by atoms with Crippen molar-refractivity contribution in [3.8, 4) is 0 Å². The summed E-state index contributed by atoms with van der Waals surface area (Å²) < 4.78 is 1.75. The largest absolute Gasteiger partial charge is 0.368 e. The number of rotatable bonds is 2. The van der Waals surface area contributed by atoms with Crippen molar-refractivity contribution < 1.29 is 4.79 Å². The van der Waals surface area contributed by atoms with Crippen molar-refractivity contribution in [3.63, 3.8) is 0 Å². The fourth-order valence-electron chi connectivity index (χ4n) is 3.55. The minimum absolute atomic E-state index is 0.00239. The van der Waals surface area contributed by atoms with Crippen LogP contribution in [0.3, 0.4) is 0 Å². The molecule has 4 rings (SSSR count). The molecule has 1 aromatic carbocycles. The fraction of sp³-hybridized carbons (Fsp3) is 0.350. The van der Waals surface area contributed by atoms with E-state index in [0.29, 0.717) is 24.4 Å². The van der Waals surface area contributed by atoms with Crippen molar-refractivity contribution >= 4 is 17.2 Å². The van der Waals surface area contributed by atoms with E-state index in [-0.39, 0.29) is 5.91 Å². The summed E-state index contributed by atoms with van der Waals surface area (Å²) in [4.78, 5) is 21.6. The molecule has 6 nitrogen and oxygen atoms in total. The Hall–Kier alpha value is -2.89. The Morgan fingerprint density at radius 1 is 1.00 bits per heavy atom. The summed E-state index contributed by atoms with van der Waals surface area (Å²) in [5, 5.41) is 4.21. The van der Waals surface area contributed by atoms with E-state index < -0.39 is 0 Å². The van der Waals surface area contributed by atoms with E-state index in [1.54, 1.807) is 10.7 Å². The lowest BCUT2D eigenvalue weighted by Crippen LogP contribution is -2.49. The van der Waals surface area contributed by atoms with Gasteiger partial charge >= 0.3 is 0 Å². The van der Waals surface area contributed by atoms with Gasteiger partial charge in [0.1, 0.15) is 5.69 Å². The smallest absolute Gasteiger partial charge is 0.272 e. The summed E-state index contributed by atoms with van der Waals surface area (Å²) >= 11 is 0. The van der Waals surface area contributed by atoms with Crippen LogP contribution in [0.2, 0.25) is 0 Å². The van der Waals surface area contributed by atoms with Crippen molar-refractivity contribution in [2.75, 3.05) is 31.1 Å². The first-order chi connectivity index (χ1) is 12.5. The maximum absolute atomic E-state index is 12.9. The maximum atomic E-state index is 12.9. The van der Waals surface area contributed by atoms with Crippen molar-refractivity contribution in [1.82, 2.24) is 19.5 Å². The number of hydrogen-bond donors (Lipinski definition) is 0. The Morgan fingerprint density at radius 2 is 1.77 bits per heavy atom. The first-order valence-electron chi connectivity index (χ1n) is 8.96. The molecular formula is C20H23N5O. The van der Waals surface area contributed by atoms with Crippen LogP contribution in [0.1, 0.15) is 27.3 Å². The number of amides is 1. The molecule has 0 aliphatic carbocycles. The number of piperazine rings is 1. The van der Waals surface area contributed by atoms with E-state index in [9.17, 15) is 4.79 Å². The van der Waals surface area contributed by atoms with Crippen LogP contribution in [0, 0.1) is 20.8 Å². The first kappa shape index (κ1) is 16.6. The van der Waals surface area contributed by atoms with Gasteiger partial charge in [0.2, 0.25) is 0 Å². The van der Waals surface area contributed by atoms with Crippen LogP contribution in [0.4, 0.5) is 5.69 Å². The molecule has 0 bridgehead atoms. The number of benzene rings is 1. The third-order valence-electron chi connectivity index (χ3n) is 5.03. The van der Waals surface area contributed by atoms with Gasteiger partial charge in [-0.2, -0.15) is 5.10 Å². The molecule has 1 fully saturated rings. The number of fused-ring (bicyclic) bond motifs is 1. The Morgan fingerprint density at radius 3 is 2.54 bits per heavy atom. The van der Waals surface area contributed by atoms with Crippen molar-refractivity contribution in [3.05, 3.63) is 59.0 Å².